The van der Waals surface area contributed by atoms with Gasteiger partial charge in [0, 0.05) is 16.7 Å². The molecule has 0 radical (unpaired) electrons. The zero-order chi connectivity index (χ0) is 11.6. The molecule has 86 valence electrons. The standard InChI is InChI=1S/C11H13NO2S2/c1-2-8-14-11(13)12-16-15-9-10-6-4-3-5-7-10/h2-7H,1,8-9H2,(H,12,13). The van der Waals surface area contributed by atoms with Gasteiger partial charge in [-0.15, -0.1) is 0 Å². The summed E-state index contributed by atoms with van der Waals surface area (Å²) in [5.74, 6) is 0.841. The van der Waals surface area contributed by atoms with Crippen LogP contribution in [0.4, 0.5) is 4.79 Å². The molecule has 0 unspecified atom stereocenters. The molecule has 0 aliphatic heterocycles. The summed E-state index contributed by atoms with van der Waals surface area (Å²) >= 11 is 0. The van der Waals surface area contributed by atoms with Crippen LogP contribution in [-0.2, 0) is 10.5 Å². The monoisotopic (exact) mass is 255 g/mol. The van der Waals surface area contributed by atoms with Crippen LogP contribution in [0.2, 0.25) is 0 Å². The van der Waals surface area contributed by atoms with Gasteiger partial charge in [0.05, 0.1) is 0 Å². The minimum absolute atomic E-state index is 0.232. The normalized spacial score (nSPS) is 9.50. The second-order valence-electron chi connectivity index (χ2n) is 2.82. The number of carbonyl (C=O) groups is 1. The van der Waals surface area contributed by atoms with E-state index in [0.717, 1.165) is 5.75 Å². The zero-order valence-electron chi connectivity index (χ0n) is 8.72. The van der Waals surface area contributed by atoms with Crippen molar-refractivity contribution in [2.45, 2.75) is 5.75 Å². The molecule has 3 nitrogen and oxygen atoms in total. The molecule has 0 saturated heterocycles. The van der Waals surface area contributed by atoms with Gasteiger partial charge in [0.15, 0.2) is 0 Å². The first-order valence-electron chi connectivity index (χ1n) is 4.69. The Labute approximate surface area is 103 Å². The number of carbonyl (C=O) groups excluding carboxylic acids is 1. The molecule has 1 N–H and O–H groups in total. The van der Waals surface area contributed by atoms with Crippen LogP contribution in [0.1, 0.15) is 5.56 Å². The molecule has 0 aromatic heterocycles. The summed E-state index contributed by atoms with van der Waals surface area (Å²) in [7, 11) is 2.81. The van der Waals surface area contributed by atoms with Crippen LogP contribution in [0.25, 0.3) is 0 Å². The topological polar surface area (TPSA) is 38.3 Å². The maximum atomic E-state index is 11.0. The van der Waals surface area contributed by atoms with Gasteiger partial charge < -0.3 is 4.74 Å². The lowest BCUT2D eigenvalue weighted by molar-refractivity contribution is 0.166. The predicted octanol–water partition coefficient (Wildman–Crippen LogP) is 3.40. The average Bonchev–Trinajstić information content (AvgIpc) is 2.33. The van der Waals surface area contributed by atoms with E-state index in [9.17, 15) is 4.79 Å². The predicted molar refractivity (Wildman–Crippen MR) is 70.0 cm³/mol. The van der Waals surface area contributed by atoms with Crippen molar-refractivity contribution in [2.75, 3.05) is 6.61 Å². The van der Waals surface area contributed by atoms with Gasteiger partial charge in [-0.25, -0.2) is 4.79 Å². The van der Waals surface area contributed by atoms with Crippen molar-refractivity contribution in [1.29, 1.82) is 0 Å². The molecule has 0 spiro atoms. The number of hydrogen-bond donors (Lipinski definition) is 1. The number of amides is 1. The highest BCUT2D eigenvalue weighted by Crippen LogP contribution is 2.22. The van der Waals surface area contributed by atoms with E-state index in [4.69, 9.17) is 4.74 Å². The molecule has 5 heteroatoms. The second-order valence-corrected chi connectivity index (χ2v) is 4.92. The summed E-state index contributed by atoms with van der Waals surface area (Å²) in [6.45, 7) is 3.68. The third kappa shape index (κ3) is 5.72. The van der Waals surface area contributed by atoms with Gasteiger partial charge in [0.2, 0.25) is 0 Å². The molecular weight excluding hydrogens is 242 g/mol. The molecule has 1 amide bonds. The molecule has 0 atom stereocenters. The van der Waals surface area contributed by atoms with Crippen molar-refractivity contribution in [3.63, 3.8) is 0 Å². The largest absolute Gasteiger partial charge is 0.445 e. The molecule has 0 aliphatic carbocycles. The molecule has 0 bridgehead atoms. The second kappa shape index (κ2) is 8.13. The van der Waals surface area contributed by atoms with E-state index in [1.165, 1.54) is 22.6 Å². The van der Waals surface area contributed by atoms with Crippen molar-refractivity contribution in [3.8, 4) is 0 Å². The Balaban J connectivity index is 2.08. The summed E-state index contributed by atoms with van der Waals surface area (Å²) in [5.41, 5.74) is 1.22. The first-order chi connectivity index (χ1) is 7.83. The summed E-state index contributed by atoms with van der Waals surface area (Å²) in [6, 6.07) is 10.1. The highest BCUT2D eigenvalue weighted by Gasteiger charge is 2.00. The minimum Gasteiger partial charge on any atom is -0.445 e. The van der Waals surface area contributed by atoms with Gasteiger partial charge in [0.25, 0.3) is 0 Å². The van der Waals surface area contributed by atoms with Gasteiger partial charge in [0.1, 0.15) is 6.61 Å². The summed E-state index contributed by atoms with van der Waals surface area (Å²) in [4.78, 5) is 11.0. The van der Waals surface area contributed by atoms with Crippen LogP contribution >= 0.6 is 21.8 Å². The van der Waals surface area contributed by atoms with Crippen molar-refractivity contribution in [2.24, 2.45) is 0 Å². The summed E-state index contributed by atoms with van der Waals surface area (Å²) in [6.07, 6.45) is 1.09. The van der Waals surface area contributed by atoms with Crippen molar-refractivity contribution >= 4 is 27.9 Å². The lowest BCUT2D eigenvalue weighted by Gasteiger charge is -2.03. The Kier molecular flexibility index (Phi) is 6.60. The third-order valence-corrected chi connectivity index (χ3v) is 3.36. The Morgan fingerprint density at radius 2 is 2.19 bits per heavy atom. The zero-order valence-corrected chi connectivity index (χ0v) is 10.4. The van der Waals surface area contributed by atoms with E-state index in [1.807, 2.05) is 30.3 Å². The maximum absolute atomic E-state index is 11.0. The number of benzene rings is 1. The molecule has 0 aliphatic rings. The third-order valence-electron chi connectivity index (χ3n) is 1.58. The highest BCUT2D eigenvalue weighted by molar-refractivity contribution is 8.75. The SMILES string of the molecule is C=CCOC(=O)NSSCc1ccccc1. The van der Waals surface area contributed by atoms with Gasteiger partial charge in [-0.2, -0.15) is 0 Å². The van der Waals surface area contributed by atoms with Gasteiger partial charge >= 0.3 is 6.09 Å². The lowest BCUT2D eigenvalue weighted by atomic mass is 10.2. The Bertz CT molecular complexity index is 330. The van der Waals surface area contributed by atoms with Crippen molar-refractivity contribution < 1.29 is 9.53 Å². The van der Waals surface area contributed by atoms with E-state index >= 15 is 0 Å². The molecule has 0 saturated carbocycles. The molecule has 0 heterocycles. The fourth-order valence-electron chi connectivity index (χ4n) is 0.899. The van der Waals surface area contributed by atoms with Crippen LogP contribution in [0.15, 0.2) is 43.0 Å². The molecule has 1 aromatic rings. The van der Waals surface area contributed by atoms with Crippen LogP contribution in [0.5, 0.6) is 0 Å². The Morgan fingerprint density at radius 3 is 2.88 bits per heavy atom. The van der Waals surface area contributed by atoms with E-state index in [0.29, 0.717) is 0 Å². The fraction of sp³-hybridized carbons (Fsp3) is 0.182. The smallest absolute Gasteiger partial charge is 0.418 e. The molecule has 1 rings (SSSR count). The summed E-state index contributed by atoms with van der Waals surface area (Å²) < 4.78 is 7.30. The van der Waals surface area contributed by atoms with E-state index in [2.05, 4.69) is 11.3 Å². The van der Waals surface area contributed by atoms with Crippen LogP contribution in [0.3, 0.4) is 0 Å². The first-order valence-corrected chi connectivity index (χ1v) is 7.01. The van der Waals surface area contributed by atoms with Gasteiger partial charge in [-0.1, -0.05) is 53.8 Å². The van der Waals surface area contributed by atoms with Crippen LogP contribution in [-0.4, -0.2) is 12.7 Å². The summed E-state index contributed by atoms with van der Waals surface area (Å²) in [5, 5.41) is 0. The Morgan fingerprint density at radius 1 is 1.44 bits per heavy atom. The fourth-order valence-corrected chi connectivity index (χ4v) is 2.44. The van der Waals surface area contributed by atoms with Crippen molar-refractivity contribution in [1.82, 2.24) is 4.72 Å². The number of nitrogens with one attached hydrogen (secondary N) is 1. The maximum Gasteiger partial charge on any atom is 0.418 e. The quantitative estimate of drug-likeness (QED) is 0.366. The molecule has 16 heavy (non-hydrogen) atoms. The molecule has 0 fully saturated rings. The minimum atomic E-state index is -0.439. The highest BCUT2D eigenvalue weighted by atomic mass is 33.1. The van der Waals surface area contributed by atoms with E-state index < -0.39 is 6.09 Å². The Hall–Kier alpha value is -1.07. The van der Waals surface area contributed by atoms with Gasteiger partial charge in [-0.05, 0) is 5.56 Å². The van der Waals surface area contributed by atoms with Crippen LogP contribution in [0, 0.1) is 0 Å². The number of ether oxygens (including phenoxy) is 1. The molecule has 1 aromatic carbocycles. The first kappa shape index (κ1) is 13.0. The van der Waals surface area contributed by atoms with E-state index in [1.54, 1.807) is 10.8 Å². The van der Waals surface area contributed by atoms with Crippen molar-refractivity contribution in [3.05, 3.63) is 48.6 Å². The number of hydrogen-bond acceptors (Lipinski definition) is 4. The van der Waals surface area contributed by atoms with Gasteiger partial charge in [-0.3, -0.25) is 4.72 Å². The van der Waals surface area contributed by atoms with Crippen LogP contribution < -0.4 is 4.72 Å². The lowest BCUT2D eigenvalue weighted by Crippen LogP contribution is -2.16. The average molecular weight is 255 g/mol. The number of rotatable bonds is 6. The molecular formula is C11H13NO2S2. The van der Waals surface area contributed by atoms with E-state index in [-0.39, 0.29) is 6.61 Å².